The van der Waals surface area contributed by atoms with Crippen LogP contribution in [-0.4, -0.2) is 43.3 Å². The van der Waals surface area contributed by atoms with E-state index in [4.69, 9.17) is 22.1 Å². The third-order valence-electron chi connectivity index (χ3n) is 4.18. The number of aliphatic hydroxyl groups excluding tert-OH is 1. The molecule has 0 aliphatic carbocycles. The number of carbonyl (C=O) groups excluding carboxylic acids is 1. The minimum atomic E-state index is -0.863. The molecule has 1 aliphatic heterocycles. The molecule has 0 bridgehead atoms. The summed E-state index contributed by atoms with van der Waals surface area (Å²) in [5.74, 6) is -1.05. The number of fused-ring (bicyclic) bond motifs is 1. The average molecular weight is 371 g/mol. The topological polar surface area (TPSA) is 80.0 Å². The molecule has 2 aromatic rings. The van der Waals surface area contributed by atoms with E-state index in [2.05, 4.69) is 4.99 Å². The van der Waals surface area contributed by atoms with Crippen molar-refractivity contribution >= 4 is 46.6 Å². The fraction of sp³-hybridized carbons (Fsp3) is 0.211. The number of rotatable bonds is 4. The first-order valence-electron chi connectivity index (χ1n) is 8.16. The summed E-state index contributed by atoms with van der Waals surface area (Å²) in [6.45, 7) is 0.0731. The van der Waals surface area contributed by atoms with E-state index in [9.17, 15) is 4.79 Å². The van der Waals surface area contributed by atoms with Crippen molar-refractivity contribution in [2.45, 2.75) is 0 Å². The Hall–Kier alpha value is -2.70. The molecule has 2 aromatic carbocycles. The van der Waals surface area contributed by atoms with Gasteiger partial charge in [0.25, 0.3) is 0 Å². The van der Waals surface area contributed by atoms with Gasteiger partial charge in [-0.05, 0) is 30.3 Å². The van der Waals surface area contributed by atoms with Gasteiger partial charge in [-0.3, -0.25) is 20.1 Å². The standard InChI is InChI=1S/C19H19ClN4O2/c1-23-16-8-7-13(20)11-17(16)24(14-5-3-2-4-6-14)19(26)15(18(23)21)12-22-9-10-25/h2-8,11-12,15,21,25H,9-10H2,1H3. The molecule has 1 aliphatic rings. The molecule has 3 rings (SSSR count). The first-order chi connectivity index (χ1) is 12.5. The summed E-state index contributed by atoms with van der Waals surface area (Å²) >= 11 is 6.19. The zero-order chi connectivity index (χ0) is 18.7. The molecule has 0 radical (unpaired) electrons. The number of nitrogens with one attached hydrogen (secondary N) is 1. The lowest BCUT2D eigenvalue weighted by molar-refractivity contribution is -0.118. The van der Waals surface area contributed by atoms with Gasteiger partial charge < -0.3 is 10.0 Å². The summed E-state index contributed by atoms with van der Waals surface area (Å²) in [5, 5.41) is 17.9. The normalized spacial score (nSPS) is 17.6. The summed E-state index contributed by atoms with van der Waals surface area (Å²) in [6.07, 6.45) is 1.43. The second-order valence-electron chi connectivity index (χ2n) is 5.84. The van der Waals surface area contributed by atoms with Gasteiger partial charge in [0.05, 0.1) is 24.5 Å². The maximum Gasteiger partial charge on any atom is 0.247 e. The highest BCUT2D eigenvalue weighted by Crippen LogP contribution is 2.39. The molecule has 7 heteroatoms. The number of halogens is 1. The van der Waals surface area contributed by atoms with E-state index in [0.717, 1.165) is 0 Å². The summed E-state index contributed by atoms with van der Waals surface area (Å²) in [4.78, 5) is 20.6. The molecule has 0 saturated carbocycles. The molecule has 134 valence electrons. The lowest BCUT2D eigenvalue weighted by Crippen LogP contribution is -2.39. The maximum absolute atomic E-state index is 13.3. The van der Waals surface area contributed by atoms with Gasteiger partial charge in [-0.1, -0.05) is 29.8 Å². The molecule has 2 N–H and O–H groups in total. The fourth-order valence-corrected chi connectivity index (χ4v) is 3.05. The Labute approximate surface area is 156 Å². The number of para-hydroxylation sites is 1. The van der Waals surface area contributed by atoms with E-state index >= 15 is 0 Å². The first-order valence-corrected chi connectivity index (χ1v) is 8.54. The number of anilines is 3. The molecule has 0 spiro atoms. The van der Waals surface area contributed by atoms with Gasteiger partial charge >= 0.3 is 0 Å². The molecule has 0 saturated heterocycles. The lowest BCUT2D eigenvalue weighted by Gasteiger charge is -2.24. The van der Waals surface area contributed by atoms with Gasteiger partial charge in [-0.25, -0.2) is 0 Å². The zero-order valence-corrected chi connectivity index (χ0v) is 15.0. The molecule has 1 atom stereocenters. The Kier molecular flexibility index (Phi) is 5.35. The molecule has 1 unspecified atom stereocenters. The Balaban J connectivity index is 2.18. The summed E-state index contributed by atoms with van der Waals surface area (Å²) in [5.41, 5.74) is 2.00. The smallest absolute Gasteiger partial charge is 0.247 e. The van der Waals surface area contributed by atoms with E-state index in [1.165, 1.54) is 6.21 Å². The fourth-order valence-electron chi connectivity index (χ4n) is 2.89. The maximum atomic E-state index is 13.3. The third kappa shape index (κ3) is 3.34. The van der Waals surface area contributed by atoms with E-state index in [1.807, 2.05) is 30.3 Å². The molecular formula is C19H19ClN4O2. The first kappa shape index (κ1) is 18.1. The van der Waals surface area contributed by atoms with Crippen molar-refractivity contribution in [3.8, 4) is 0 Å². The number of amidine groups is 1. The van der Waals surface area contributed by atoms with Crippen molar-refractivity contribution in [1.29, 1.82) is 5.41 Å². The van der Waals surface area contributed by atoms with E-state index in [-0.39, 0.29) is 24.9 Å². The van der Waals surface area contributed by atoms with Gasteiger partial charge in [0, 0.05) is 24.0 Å². The minimum Gasteiger partial charge on any atom is -0.394 e. The highest BCUT2D eigenvalue weighted by Gasteiger charge is 2.36. The second-order valence-corrected chi connectivity index (χ2v) is 6.28. The van der Waals surface area contributed by atoms with Crippen LogP contribution in [0.2, 0.25) is 5.02 Å². The Morgan fingerprint density at radius 1 is 1.23 bits per heavy atom. The van der Waals surface area contributed by atoms with Crippen molar-refractivity contribution < 1.29 is 9.90 Å². The molecule has 1 heterocycles. The van der Waals surface area contributed by atoms with E-state index in [1.54, 1.807) is 35.0 Å². The van der Waals surface area contributed by atoms with Crippen LogP contribution < -0.4 is 9.80 Å². The molecule has 1 amide bonds. The van der Waals surface area contributed by atoms with Crippen LogP contribution in [0.25, 0.3) is 0 Å². The van der Waals surface area contributed by atoms with Crippen LogP contribution in [0.15, 0.2) is 53.5 Å². The number of carbonyl (C=O) groups is 1. The van der Waals surface area contributed by atoms with Gasteiger partial charge in [-0.2, -0.15) is 0 Å². The average Bonchev–Trinajstić information content (AvgIpc) is 2.72. The third-order valence-corrected chi connectivity index (χ3v) is 4.42. The molecule has 0 fully saturated rings. The van der Waals surface area contributed by atoms with Crippen LogP contribution in [0, 0.1) is 11.3 Å². The van der Waals surface area contributed by atoms with Crippen LogP contribution in [0.4, 0.5) is 17.1 Å². The predicted octanol–water partition coefficient (Wildman–Crippen LogP) is 3.11. The molecule has 26 heavy (non-hydrogen) atoms. The number of aliphatic imine (C=N–C) groups is 1. The SMILES string of the molecule is CN1C(=N)C(C=NCCO)C(=O)N(c2ccccc2)c2cc(Cl)ccc21. The van der Waals surface area contributed by atoms with Crippen LogP contribution >= 0.6 is 11.6 Å². The Morgan fingerprint density at radius 3 is 2.65 bits per heavy atom. The molecule has 6 nitrogen and oxygen atoms in total. The molecular weight excluding hydrogens is 352 g/mol. The van der Waals surface area contributed by atoms with Crippen LogP contribution in [0.3, 0.4) is 0 Å². The van der Waals surface area contributed by atoms with E-state index < -0.39 is 5.92 Å². The lowest BCUT2D eigenvalue weighted by atomic mass is 10.1. The molecule has 0 aromatic heterocycles. The number of nitrogens with zero attached hydrogens (tertiary/aromatic N) is 3. The summed E-state index contributed by atoms with van der Waals surface area (Å²) < 4.78 is 0. The predicted molar refractivity (Wildman–Crippen MR) is 105 cm³/mol. The Morgan fingerprint density at radius 2 is 1.96 bits per heavy atom. The number of benzene rings is 2. The number of hydrogen-bond acceptors (Lipinski definition) is 4. The highest BCUT2D eigenvalue weighted by molar-refractivity contribution is 6.32. The van der Waals surface area contributed by atoms with Crippen molar-refractivity contribution in [1.82, 2.24) is 0 Å². The number of hydrogen-bond donors (Lipinski definition) is 2. The van der Waals surface area contributed by atoms with Crippen molar-refractivity contribution in [3.05, 3.63) is 53.6 Å². The van der Waals surface area contributed by atoms with Gasteiger partial charge in [0.2, 0.25) is 5.91 Å². The largest absolute Gasteiger partial charge is 0.394 e. The number of amides is 1. The summed E-state index contributed by atoms with van der Waals surface area (Å²) in [7, 11) is 1.74. The summed E-state index contributed by atoms with van der Waals surface area (Å²) in [6, 6.07) is 14.5. The van der Waals surface area contributed by atoms with Gasteiger partial charge in [0.1, 0.15) is 11.8 Å². The quantitative estimate of drug-likeness (QED) is 0.811. The van der Waals surface area contributed by atoms with Crippen LogP contribution in [-0.2, 0) is 4.79 Å². The van der Waals surface area contributed by atoms with Gasteiger partial charge in [-0.15, -0.1) is 0 Å². The monoisotopic (exact) mass is 370 g/mol. The minimum absolute atomic E-state index is 0.110. The van der Waals surface area contributed by atoms with Gasteiger partial charge in [0.15, 0.2) is 0 Å². The zero-order valence-electron chi connectivity index (χ0n) is 14.3. The Bertz CT molecular complexity index is 854. The van der Waals surface area contributed by atoms with Crippen LogP contribution in [0.1, 0.15) is 0 Å². The van der Waals surface area contributed by atoms with E-state index in [0.29, 0.717) is 22.1 Å². The van der Waals surface area contributed by atoms with Crippen molar-refractivity contribution in [2.24, 2.45) is 10.9 Å². The highest BCUT2D eigenvalue weighted by atomic mass is 35.5. The van der Waals surface area contributed by atoms with Crippen molar-refractivity contribution in [3.63, 3.8) is 0 Å². The van der Waals surface area contributed by atoms with Crippen molar-refractivity contribution in [2.75, 3.05) is 30.0 Å². The van der Waals surface area contributed by atoms with Crippen LogP contribution in [0.5, 0.6) is 0 Å². The number of aliphatic hydroxyl groups is 1. The second kappa shape index (κ2) is 7.68.